The minimum absolute atomic E-state index is 0.0712. The molecular weight excluding hydrogens is 450 g/mol. The minimum atomic E-state index is -0.596. The molecule has 1 atom stereocenters. The van der Waals surface area contributed by atoms with Gasteiger partial charge in [-0.15, -0.1) is 11.8 Å². The van der Waals surface area contributed by atoms with E-state index in [0.717, 1.165) is 17.8 Å². The molecule has 1 N–H and O–H groups in total. The molecule has 1 amide bonds. The second-order valence-corrected chi connectivity index (χ2v) is 8.26. The number of ether oxygens (including phenoxy) is 1. The third-order valence-electron chi connectivity index (χ3n) is 3.61. The molecule has 0 aliphatic rings. The van der Waals surface area contributed by atoms with Crippen molar-refractivity contribution < 1.29 is 18.7 Å². The molecule has 0 aliphatic carbocycles. The smallest absolute Gasteiger partial charge is 0.307 e. The Bertz CT molecular complexity index is 899. The summed E-state index contributed by atoms with van der Waals surface area (Å²) < 4.78 is 18.9. The number of benzene rings is 1. The Morgan fingerprint density at radius 2 is 1.96 bits per heavy atom. The number of rotatable bonds is 7. The molecule has 150 valence electrons. The molecule has 28 heavy (non-hydrogen) atoms. The molecule has 0 bridgehead atoms. The lowest BCUT2D eigenvalue weighted by atomic mass is 10.1. The Kier molecular flexibility index (Phi) is 8.37. The van der Waals surface area contributed by atoms with Gasteiger partial charge in [-0.3, -0.25) is 14.6 Å². The second-order valence-electron chi connectivity index (χ2n) is 5.62. The largest absolute Gasteiger partial charge is 0.469 e. The van der Waals surface area contributed by atoms with Crippen LogP contribution in [0.25, 0.3) is 11.3 Å². The van der Waals surface area contributed by atoms with Gasteiger partial charge in [0.05, 0.1) is 39.5 Å². The van der Waals surface area contributed by atoms with Crippen LogP contribution in [0.5, 0.6) is 0 Å². The fourth-order valence-corrected chi connectivity index (χ4v) is 3.89. The van der Waals surface area contributed by atoms with E-state index in [4.69, 9.17) is 34.8 Å². The van der Waals surface area contributed by atoms with Gasteiger partial charge in [0.2, 0.25) is 5.91 Å². The van der Waals surface area contributed by atoms with Crippen molar-refractivity contribution in [3.05, 3.63) is 45.3 Å². The third kappa shape index (κ3) is 5.98. The second kappa shape index (κ2) is 10.3. The summed E-state index contributed by atoms with van der Waals surface area (Å²) >= 11 is 19.2. The van der Waals surface area contributed by atoms with Crippen molar-refractivity contribution in [2.45, 2.75) is 23.5 Å². The molecule has 0 aliphatic heterocycles. The number of carbonyl (C=O) groups is 2. The van der Waals surface area contributed by atoms with Gasteiger partial charge in [0.25, 0.3) is 0 Å². The predicted octanol–water partition coefficient (Wildman–Crippen LogP) is 5.01. The van der Waals surface area contributed by atoms with Crippen LogP contribution in [0.3, 0.4) is 0 Å². The number of nitrogens with zero attached hydrogens (tertiary/aromatic N) is 1. The summed E-state index contributed by atoms with van der Waals surface area (Å²) in [5, 5.41) is 2.77. The Labute approximate surface area is 180 Å². The SMILES string of the molecule is COC(=O)CCNC(=O)C(C)Sc1cc(-c2ncc(Cl)cc2Cl)c(F)cc1Cl. The van der Waals surface area contributed by atoms with Gasteiger partial charge in [-0.05, 0) is 25.1 Å². The van der Waals surface area contributed by atoms with Crippen LogP contribution in [-0.2, 0) is 14.3 Å². The molecule has 0 radical (unpaired) electrons. The van der Waals surface area contributed by atoms with Gasteiger partial charge in [0.1, 0.15) is 5.82 Å². The first-order valence-corrected chi connectivity index (χ1v) is 10.1. The molecule has 5 nitrogen and oxygen atoms in total. The van der Waals surface area contributed by atoms with Crippen LogP contribution in [0.1, 0.15) is 13.3 Å². The van der Waals surface area contributed by atoms with Gasteiger partial charge in [-0.1, -0.05) is 34.8 Å². The van der Waals surface area contributed by atoms with Crippen LogP contribution < -0.4 is 5.32 Å². The number of carbonyl (C=O) groups excluding carboxylic acids is 2. The number of amides is 1. The van der Waals surface area contributed by atoms with E-state index in [1.165, 1.54) is 25.4 Å². The first-order chi connectivity index (χ1) is 13.2. The number of thioether (sulfide) groups is 1. The summed E-state index contributed by atoms with van der Waals surface area (Å²) in [5.41, 5.74) is 0.365. The molecule has 10 heteroatoms. The zero-order valence-electron chi connectivity index (χ0n) is 14.9. The predicted molar refractivity (Wildman–Crippen MR) is 110 cm³/mol. The van der Waals surface area contributed by atoms with Gasteiger partial charge >= 0.3 is 5.97 Å². The highest BCUT2D eigenvalue weighted by atomic mass is 35.5. The Hall–Kier alpha value is -1.54. The fraction of sp³-hybridized carbons (Fsp3) is 0.278. The number of hydrogen-bond donors (Lipinski definition) is 1. The molecule has 1 unspecified atom stereocenters. The first-order valence-electron chi connectivity index (χ1n) is 8.04. The molecule has 1 heterocycles. The maximum absolute atomic E-state index is 14.4. The molecule has 1 aromatic heterocycles. The molecule has 2 rings (SSSR count). The summed E-state index contributed by atoms with van der Waals surface area (Å²) in [4.78, 5) is 27.9. The summed E-state index contributed by atoms with van der Waals surface area (Å²) in [6.07, 6.45) is 1.43. The summed E-state index contributed by atoms with van der Waals surface area (Å²) in [5.74, 6) is -1.31. The average molecular weight is 466 g/mol. The van der Waals surface area contributed by atoms with Gasteiger partial charge in [-0.2, -0.15) is 0 Å². The highest BCUT2D eigenvalue weighted by Gasteiger charge is 2.20. The van der Waals surface area contributed by atoms with E-state index in [1.54, 1.807) is 6.92 Å². The molecule has 2 aromatic rings. The Morgan fingerprint density at radius 3 is 2.61 bits per heavy atom. The Morgan fingerprint density at radius 1 is 1.25 bits per heavy atom. The quantitative estimate of drug-likeness (QED) is 0.460. The van der Waals surface area contributed by atoms with Crippen LogP contribution in [0.2, 0.25) is 15.1 Å². The van der Waals surface area contributed by atoms with Gasteiger partial charge in [0.15, 0.2) is 0 Å². The lowest BCUT2D eigenvalue weighted by Gasteiger charge is -2.14. The highest BCUT2D eigenvalue weighted by molar-refractivity contribution is 8.00. The number of esters is 1. The zero-order chi connectivity index (χ0) is 20.8. The van der Waals surface area contributed by atoms with Crippen molar-refractivity contribution in [1.29, 1.82) is 0 Å². The van der Waals surface area contributed by atoms with Crippen molar-refractivity contribution in [1.82, 2.24) is 10.3 Å². The molecule has 0 fully saturated rings. The van der Waals surface area contributed by atoms with Gasteiger partial charge in [0, 0.05) is 23.2 Å². The average Bonchev–Trinajstić information content (AvgIpc) is 2.64. The topological polar surface area (TPSA) is 68.3 Å². The van der Waals surface area contributed by atoms with E-state index in [1.807, 2.05) is 0 Å². The van der Waals surface area contributed by atoms with Crippen molar-refractivity contribution in [2.24, 2.45) is 0 Å². The van der Waals surface area contributed by atoms with E-state index >= 15 is 0 Å². The monoisotopic (exact) mass is 464 g/mol. The van der Waals surface area contributed by atoms with Crippen molar-refractivity contribution in [3.63, 3.8) is 0 Å². The molecule has 1 aromatic carbocycles. The van der Waals surface area contributed by atoms with Crippen molar-refractivity contribution in [2.75, 3.05) is 13.7 Å². The standard InChI is InChI=1S/C18H16Cl3FN2O3S/c1-9(18(26)23-4-3-16(25)27-2)28-15-6-11(14(22)7-12(15)20)17-13(21)5-10(19)8-24-17/h5-9H,3-4H2,1-2H3,(H,23,26). The maximum atomic E-state index is 14.4. The highest BCUT2D eigenvalue weighted by Crippen LogP contribution is 2.37. The number of hydrogen-bond acceptors (Lipinski definition) is 5. The van der Waals surface area contributed by atoms with Crippen molar-refractivity contribution >= 4 is 58.4 Å². The van der Waals surface area contributed by atoms with Crippen LogP contribution in [0, 0.1) is 5.82 Å². The zero-order valence-corrected chi connectivity index (χ0v) is 18.0. The van der Waals surface area contributed by atoms with Gasteiger partial charge < -0.3 is 10.1 Å². The number of nitrogens with one attached hydrogen (secondary N) is 1. The third-order valence-corrected chi connectivity index (χ3v) is 5.69. The summed E-state index contributed by atoms with van der Waals surface area (Å²) in [6.45, 7) is 1.83. The summed E-state index contributed by atoms with van der Waals surface area (Å²) in [7, 11) is 1.28. The van der Waals surface area contributed by atoms with Crippen molar-refractivity contribution in [3.8, 4) is 11.3 Å². The van der Waals surface area contributed by atoms with Crippen LogP contribution in [0.15, 0.2) is 29.3 Å². The number of aromatic nitrogens is 1. The lowest BCUT2D eigenvalue weighted by Crippen LogP contribution is -2.32. The summed E-state index contributed by atoms with van der Waals surface area (Å²) in [6, 6.07) is 4.10. The molecule has 0 saturated carbocycles. The maximum Gasteiger partial charge on any atom is 0.307 e. The minimum Gasteiger partial charge on any atom is -0.469 e. The fourth-order valence-electron chi connectivity index (χ4n) is 2.19. The molecular formula is C18H16Cl3FN2O3S. The van der Waals surface area contributed by atoms with Crippen LogP contribution in [-0.4, -0.2) is 35.8 Å². The number of halogens is 4. The van der Waals surface area contributed by atoms with Crippen LogP contribution in [0.4, 0.5) is 4.39 Å². The Balaban J connectivity index is 2.17. The van der Waals surface area contributed by atoms with E-state index in [-0.39, 0.29) is 40.2 Å². The van der Waals surface area contributed by atoms with E-state index in [9.17, 15) is 14.0 Å². The normalized spacial score (nSPS) is 11.8. The van der Waals surface area contributed by atoms with Crippen LogP contribution >= 0.6 is 46.6 Å². The number of methoxy groups -OCH3 is 1. The first kappa shape index (κ1) is 22.7. The van der Waals surface area contributed by atoms with E-state index in [0.29, 0.717) is 9.92 Å². The van der Waals surface area contributed by atoms with E-state index < -0.39 is 17.0 Å². The van der Waals surface area contributed by atoms with E-state index in [2.05, 4.69) is 15.0 Å². The molecule has 0 spiro atoms. The lowest BCUT2D eigenvalue weighted by molar-refractivity contribution is -0.140. The molecule has 0 saturated heterocycles. The number of pyridine rings is 1. The van der Waals surface area contributed by atoms with Gasteiger partial charge in [-0.25, -0.2) is 4.39 Å².